The molecule has 0 radical (unpaired) electrons. The van der Waals surface area contributed by atoms with Crippen LogP contribution in [0.3, 0.4) is 0 Å². The normalized spacial score (nSPS) is 13.5. The van der Waals surface area contributed by atoms with E-state index in [0.717, 1.165) is 4.57 Å². The van der Waals surface area contributed by atoms with Crippen LogP contribution >= 0.6 is 6.83 Å². The van der Waals surface area contributed by atoms with Crippen molar-refractivity contribution in [2.24, 2.45) is 0 Å². The van der Waals surface area contributed by atoms with E-state index in [0.29, 0.717) is 21.3 Å². The molecular formula is C22H19ClNO4PSe. The zero-order chi connectivity index (χ0) is 21.3. The number of hydrogen-bond donors (Lipinski definition) is 0. The van der Waals surface area contributed by atoms with E-state index >= 15 is 0 Å². The topological polar surface area (TPSA) is 91.3 Å². The number of nitrogens with zero attached hydrogens (tertiary/aromatic N) is 1. The fourth-order valence-electron chi connectivity index (χ4n) is 3.85. The van der Waals surface area contributed by atoms with Crippen molar-refractivity contribution >= 4 is 42.7 Å². The van der Waals surface area contributed by atoms with Crippen LogP contribution in [0.25, 0.3) is 0 Å². The van der Waals surface area contributed by atoms with E-state index in [-0.39, 0.29) is 14.5 Å². The third kappa shape index (κ3) is 3.36. The molecule has 0 fully saturated rings. The summed E-state index contributed by atoms with van der Waals surface area (Å²) >= 11 is -0.0658. The van der Waals surface area contributed by atoms with Crippen molar-refractivity contribution < 1.29 is 28.3 Å². The van der Waals surface area contributed by atoms with Crippen LogP contribution in [0.4, 0.5) is 0 Å². The summed E-state index contributed by atoms with van der Waals surface area (Å²) in [6.07, 6.45) is 0. The molecular weight excluding hydrogens is 488 g/mol. The molecule has 0 spiro atoms. The molecule has 8 heteroatoms. The Balaban J connectivity index is 2.31. The van der Waals surface area contributed by atoms with Crippen molar-refractivity contribution in [3.05, 3.63) is 101 Å². The molecule has 1 heterocycles. The Kier molecular flexibility index (Phi) is 5.71. The molecule has 0 N–H and O–H groups in total. The predicted octanol–water partition coefficient (Wildman–Crippen LogP) is -0.569. The summed E-state index contributed by atoms with van der Waals surface area (Å²) in [4.78, 5) is 6.72. The van der Waals surface area contributed by atoms with Gasteiger partial charge in [-0.25, -0.2) is 0 Å². The Morgan fingerprint density at radius 1 is 0.733 bits per heavy atom. The van der Waals surface area contributed by atoms with Gasteiger partial charge in [0.05, 0.1) is 0 Å². The molecule has 3 aromatic carbocycles. The third-order valence-corrected chi connectivity index (χ3v) is 13.8. The fourth-order valence-corrected chi connectivity index (χ4v) is 13.6. The van der Waals surface area contributed by atoms with Crippen molar-refractivity contribution in [2.75, 3.05) is 0 Å². The molecule has 0 aliphatic carbocycles. The number of aromatic nitrogens is 1. The van der Waals surface area contributed by atoms with Crippen LogP contribution in [0.2, 0.25) is 0 Å². The van der Waals surface area contributed by atoms with Gasteiger partial charge in [0.25, 0.3) is 0 Å². The fraction of sp³-hybridized carbons (Fsp3) is 0.0455. The van der Waals surface area contributed by atoms with Crippen LogP contribution in [0.1, 0.15) is 4.57 Å². The van der Waals surface area contributed by atoms with Gasteiger partial charge in [-0.1, -0.05) is 0 Å². The zero-order valence-corrected chi connectivity index (χ0v) is 19.4. The number of hydrogen-bond acceptors (Lipinski definition) is 5. The molecule has 0 atom stereocenters. The Morgan fingerprint density at radius 2 is 1.13 bits per heavy atom. The van der Waals surface area contributed by atoms with E-state index in [1.807, 2.05) is 103 Å². The van der Waals surface area contributed by atoms with Crippen LogP contribution in [0.5, 0.6) is 0 Å². The first-order valence-electron chi connectivity index (χ1n) is 9.10. The first-order chi connectivity index (χ1) is 14.4. The number of halogens is 1. The average molecular weight is 507 g/mol. The summed E-state index contributed by atoms with van der Waals surface area (Å²) in [6.45, 7) is -2.57. The SMILES string of the molecule is Cc1nc(P(O[Cl+3]([O-])([O-])[O-])(c2ccccc2)(c2ccccc2)c2ccccc2)c[se]1. The number of rotatable bonds is 6. The summed E-state index contributed by atoms with van der Waals surface area (Å²) in [7, 11) is -4.80. The minimum absolute atomic E-state index is 0.0658. The van der Waals surface area contributed by atoms with E-state index < -0.39 is 17.1 Å². The van der Waals surface area contributed by atoms with Crippen molar-refractivity contribution in [2.45, 2.75) is 6.92 Å². The first-order valence-corrected chi connectivity index (χ1v) is 14.3. The van der Waals surface area contributed by atoms with Gasteiger partial charge in [0.15, 0.2) is 0 Å². The van der Waals surface area contributed by atoms with Crippen molar-refractivity contribution in [3.63, 3.8) is 0 Å². The van der Waals surface area contributed by atoms with Gasteiger partial charge in [0, 0.05) is 0 Å². The van der Waals surface area contributed by atoms with Gasteiger partial charge in [0.1, 0.15) is 0 Å². The van der Waals surface area contributed by atoms with Crippen LogP contribution in [0, 0.1) is 17.2 Å². The molecule has 0 saturated carbocycles. The van der Waals surface area contributed by atoms with E-state index in [9.17, 15) is 14.0 Å². The van der Waals surface area contributed by atoms with Gasteiger partial charge in [-0.05, 0) is 0 Å². The van der Waals surface area contributed by atoms with E-state index in [1.54, 1.807) is 0 Å². The van der Waals surface area contributed by atoms with Gasteiger partial charge in [-0.2, -0.15) is 0 Å². The summed E-state index contributed by atoms with van der Waals surface area (Å²) in [5.74, 6) is 0. The predicted molar refractivity (Wildman–Crippen MR) is 112 cm³/mol. The molecule has 4 rings (SSSR count). The summed E-state index contributed by atoms with van der Waals surface area (Å²) < 4.78 is 43.8. The number of benzene rings is 3. The quantitative estimate of drug-likeness (QED) is 0.258. The number of aryl methyl sites for hydroxylation is 1. The molecule has 0 bridgehead atoms. The van der Waals surface area contributed by atoms with E-state index in [2.05, 4.69) is 0 Å². The van der Waals surface area contributed by atoms with Crippen LogP contribution in [0.15, 0.2) is 95.9 Å². The first kappa shape index (κ1) is 21.4. The van der Waals surface area contributed by atoms with E-state index in [4.69, 9.17) is 9.06 Å². The molecule has 0 unspecified atom stereocenters. The summed E-state index contributed by atoms with van der Waals surface area (Å²) in [5, 5.41) is 1.81. The molecule has 0 amide bonds. The van der Waals surface area contributed by atoms with Crippen molar-refractivity contribution in [3.8, 4) is 0 Å². The third-order valence-electron chi connectivity index (χ3n) is 5.01. The van der Waals surface area contributed by atoms with Gasteiger partial charge < -0.3 is 0 Å². The van der Waals surface area contributed by atoms with Gasteiger partial charge in [-0.3, -0.25) is 0 Å². The van der Waals surface area contributed by atoms with E-state index in [1.165, 1.54) is 0 Å². The molecule has 4 aromatic rings. The average Bonchev–Trinajstić information content (AvgIpc) is 3.20. The Bertz CT molecular complexity index is 1030. The summed E-state index contributed by atoms with van der Waals surface area (Å²) in [5.41, 5.74) is 0.494. The van der Waals surface area contributed by atoms with Crippen LogP contribution < -0.4 is 35.3 Å². The molecule has 0 saturated heterocycles. The second kappa shape index (κ2) is 8.01. The van der Waals surface area contributed by atoms with Gasteiger partial charge >= 0.3 is 183 Å². The maximum atomic E-state index is 12.4. The van der Waals surface area contributed by atoms with Crippen molar-refractivity contribution in [1.29, 1.82) is 0 Å². The molecule has 5 nitrogen and oxygen atoms in total. The second-order valence-corrected chi connectivity index (χ2v) is 14.3. The van der Waals surface area contributed by atoms with Gasteiger partial charge in [-0.15, -0.1) is 0 Å². The second-order valence-electron chi connectivity index (χ2n) is 6.71. The molecule has 0 aliphatic heterocycles. The zero-order valence-electron chi connectivity index (χ0n) is 16.1. The molecule has 30 heavy (non-hydrogen) atoms. The summed E-state index contributed by atoms with van der Waals surface area (Å²) in [6, 6.07) is 27.3. The Morgan fingerprint density at radius 3 is 1.43 bits per heavy atom. The maximum absolute atomic E-state index is 12.4. The molecule has 1 aromatic heterocycles. The standard InChI is InChI=1S/C22H19ClNO4PSe/c1-18-24-22(17-30-18)29(28-23(25,26)27,19-11-5-2-6-12-19,20-13-7-3-8-14-20)21-15-9-4-10-16-21/h2-17H,1H3. The molecule has 0 aliphatic rings. The Hall–Kier alpha value is -1.85. The molecule has 154 valence electrons. The van der Waals surface area contributed by atoms with Gasteiger partial charge in [0.2, 0.25) is 0 Å². The Labute approximate surface area is 183 Å². The monoisotopic (exact) mass is 507 g/mol. The van der Waals surface area contributed by atoms with Crippen LogP contribution in [-0.2, 0) is 4.08 Å². The minimum atomic E-state index is -4.80. The van der Waals surface area contributed by atoms with Crippen molar-refractivity contribution in [1.82, 2.24) is 4.98 Å². The van der Waals surface area contributed by atoms with Crippen LogP contribution in [-0.4, -0.2) is 19.5 Å².